The fraction of sp³-hybridized carbons (Fsp3) is 0.625. The van der Waals surface area contributed by atoms with Crippen LogP contribution in [0.4, 0.5) is 17.6 Å². The van der Waals surface area contributed by atoms with Crippen LogP contribution in [-0.2, 0) is 46.4 Å². The van der Waals surface area contributed by atoms with Crippen molar-refractivity contribution in [2.24, 2.45) is 0 Å². The Hall–Kier alpha value is -2.69. The lowest BCUT2D eigenvalue weighted by Crippen LogP contribution is -2.16. The molecular formula is C24H33F4N3O8. The summed E-state index contributed by atoms with van der Waals surface area (Å²) < 4.78 is 91.2. The van der Waals surface area contributed by atoms with E-state index in [1.165, 1.54) is 0 Å². The Kier molecular flexibility index (Phi) is 16.2. The highest BCUT2D eigenvalue weighted by atomic mass is 19.2. The van der Waals surface area contributed by atoms with Crippen LogP contribution < -0.4 is 4.74 Å². The van der Waals surface area contributed by atoms with Gasteiger partial charge in [0.15, 0.2) is 11.6 Å². The van der Waals surface area contributed by atoms with Crippen molar-refractivity contribution in [2.45, 2.75) is 26.5 Å². The number of aromatic nitrogens is 3. The SMILES string of the molecule is CCOCCOCc1cn(CCOCCOCCOCCOCCC(=O)Oc2c(F)c(F)cc(F)c2F)nn1. The van der Waals surface area contributed by atoms with Gasteiger partial charge in [0.25, 0.3) is 0 Å². The average molecular weight is 568 g/mol. The quantitative estimate of drug-likeness (QED) is 0.0692. The second-order valence-corrected chi connectivity index (χ2v) is 7.69. The summed E-state index contributed by atoms with van der Waals surface area (Å²) in [5.41, 5.74) is 0.731. The normalized spacial score (nSPS) is 11.3. The van der Waals surface area contributed by atoms with Crippen molar-refractivity contribution in [1.29, 1.82) is 0 Å². The minimum Gasteiger partial charge on any atom is -0.420 e. The van der Waals surface area contributed by atoms with Gasteiger partial charge >= 0.3 is 5.97 Å². The molecule has 220 valence electrons. The number of rotatable bonds is 22. The van der Waals surface area contributed by atoms with Gasteiger partial charge in [0, 0.05) is 12.7 Å². The van der Waals surface area contributed by atoms with E-state index >= 15 is 0 Å². The third kappa shape index (κ3) is 13.3. The monoisotopic (exact) mass is 567 g/mol. The predicted molar refractivity (Wildman–Crippen MR) is 126 cm³/mol. The van der Waals surface area contributed by atoms with Crippen molar-refractivity contribution in [2.75, 3.05) is 72.7 Å². The van der Waals surface area contributed by atoms with Gasteiger partial charge in [-0.25, -0.2) is 13.5 Å². The molecule has 15 heteroatoms. The van der Waals surface area contributed by atoms with Crippen molar-refractivity contribution in [3.8, 4) is 5.75 Å². The number of ether oxygens (including phenoxy) is 7. The Bertz CT molecular complexity index is 957. The summed E-state index contributed by atoms with van der Waals surface area (Å²) in [5, 5.41) is 8.03. The van der Waals surface area contributed by atoms with E-state index in [4.69, 9.17) is 28.4 Å². The molecule has 0 aliphatic rings. The fourth-order valence-corrected chi connectivity index (χ4v) is 2.83. The maximum absolute atomic E-state index is 13.5. The molecule has 1 aromatic heterocycles. The Morgan fingerprint density at radius 3 is 1.92 bits per heavy atom. The van der Waals surface area contributed by atoms with Crippen LogP contribution >= 0.6 is 0 Å². The average Bonchev–Trinajstić information content (AvgIpc) is 3.37. The smallest absolute Gasteiger partial charge is 0.313 e. The van der Waals surface area contributed by atoms with E-state index in [1.807, 2.05) is 6.92 Å². The molecule has 0 unspecified atom stereocenters. The first-order valence-electron chi connectivity index (χ1n) is 12.3. The molecule has 0 radical (unpaired) electrons. The summed E-state index contributed by atoms with van der Waals surface area (Å²) in [7, 11) is 0. The van der Waals surface area contributed by atoms with Gasteiger partial charge < -0.3 is 33.2 Å². The summed E-state index contributed by atoms with van der Waals surface area (Å²) in [4.78, 5) is 11.6. The number of carbonyl (C=O) groups excluding carboxylic acids is 1. The zero-order valence-electron chi connectivity index (χ0n) is 21.7. The number of halogens is 4. The topological polar surface area (TPSA) is 112 Å². The highest BCUT2D eigenvalue weighted by Gasteiger charge is 2.22. The molecule has 0 aliphatic heterocycles. The molecule has 0 atom stereocenters. The van der Waals surface area contributed by atoms with Crippen LogP contribution in [0.1, 0.15) is 19.0 Å². The van der Waals surface area contributed by atoms with Crippen LogP contribution in [0.2, 0.25) is 0 Å². The number of carbonyl (C=O) groups is 1. The van der Waals surface area contributed by atoms with Crippen molar-refractivity contribution >= 4 is 5.97 Å². The summed E-state index contributed by atoms with van der Waals surface area (Å²) >= 11 is 0. The lowest BCUT2D eigenvalue weighted by atomic mass is 10.3. The van der Waals surface area contributed by atoms with E-state index in [2.05, 4.69) is 15.0 Å². The van der Waals surface area contributed by atoms with Crippen molar-refractivity contribution in [1.82, 2.24) is 15.0 Å². The standard InChI is InChI=1S/C24H33F4N3O8/c1-2-33-7-14-38-17-18-16-31(30-29-18)4-6-35-9-11-37-13-12-36-10-8-34-5-3-21(32)39-24-22(27)19(25)15-20(26)23(24)28/h15-16H,2-14,17H2,1H3. The van der Waals surface area contributed by atoms with E-state index < -0.39 is 35.0 Å². The maximum atomic E-state index is 13.5. The van der Waals surface area contributed by atoms with Crippen LogP contribution in [0, 0.1) is 23.3 Å². The van der Waals surface area contributed by atoms with Gasteiger partial charge in [-0.05, 0) is 6.92 Å². The summed E-state index contributed by atoms with van der Waals surface area (Å²) in [6.45, 7) is 6.63. The molecule has 1 aromatic carbocycles. The number of nitrogens with zero attached hydrogens (tertiary/aromatic N) is 3. The Balaban J connectivity index is 1.38. The van der Waals surface area contributed by atoms with Gasteiger partial charge in [-0.3, -0.25) is 4.79 Å². The molecule has 0 saturated heterocycles. The Labute approximate surface area is 223 Å². The van der Waals surface area contributed by atoms with Crippen LogP contribution in [0.15, 0.2) is 12.3 Å². The largest absolute Gasteiger partial charge is 0.420 e. The first-order chi connectivity index (χ1) is 18.9. The molecule has 2 aromatic rings. The Morgan fingerprint density at radius 1 is 0.769 bits per heavy atom. The fourth-order valence-electron chi connectivity index (χ4n) is 2.83. The van der Waals surface area contributed by atoms with Crippen molar-refractivity contribution < 1.29 is 55.5 Å². The molecule has 0 spiro atoms. The van der Waals surface area contributed by atoms with Crippen LogP contribution in [-0.4, -0.2) is 93.6 Å². The van der Waals surface area contributed by atoms with Crippen molar-refractivity contribution in [3.63, 3.8) is 0 Å². The summed E-state index contributed by atoms with van der Waals surface area (Å²) in [6.07, 6.45) is 1.41. The van der Waals surface area contributed by atoms with E-state index in [-0.39, 0.29) is 32.3 Å². The highest BCUT2D eigenvalue weighted by molar-refractivity contribution is 5.72. The molecule has 0 aliphatic carbocycles. The number of hydrogen-bond acceptors (Lipinski definition) is 10. The van der Waals surface area contributed by atoms with E-state index in [0.29, 0.717) is 66.0 Å². The minimum absolute atomic E-state index is 0.0195. The molecule has 1 heterocycles. The predicted octanol–water partition coefficient (Wildman–Crippen LogP) is 2.45. The number of benzene rings is 1. The third-order valence-corrected chi connectivity index (χ3v) is 4.73. The van der Waals surface area contributed by atoms with E-state index in [1.54, 1.807) is 10.9 Å². The van der Waals surface area contributed by atoms with Crippen LogP contribution in [0.25, 0.3) is 0 Å². The molecule has 0 N–H and O–H groups in total. The Morgan fingerprint density at radius 2 is 1.31 bits per heavy atom. The molecule has 0 fully saturated rings. The van der Waals surface area contributed by atoms with Gasteiger partial charge in [0.05, 0.1) is 91.8 Å². The molecule has 39 heavy (non-hydrogen) atoms. The van der Waals surface area contributed by atoms with Gasteiger partial charge in [-0.15, -0.1) is 5.10 Å². The van der Waals surface area contributed by atoms with Crippen LogP contribution in [0.5, 0.6) is 5.75 Å². The summed E-state index contributed by atoms with van der Waals surface area (Å²) in [5.74, 6) is -9.46. The zero-order valence-corrected chi connectivity index (χ0v) is 21.7. The van der Waals surface area contributed by atoms with Crippen LogP contribution in [0.3, 0.4) is 0 Å². The molecule has 0 saturated carbocycles. The van der Waals surface area contributed by atoms with Gasteiger partial charge in [0.1, 0.15) is 5.69 Å². The molecule has 0 amide bonds. The van der Waals surface area contributed by atoms with Gasteiger partial charge in [-0.1, -0.05) is 5.21 Å². The second-order valence-electron chi connectivity index (χ2n) is 7.69. The molecule has 2 rings (SSSR count). The maximum Gasteiger partial charge on any atom is 0.313 e. The molecule has 0 bridgehead atoms. The lowest BCUT2D eigenvalue weighted by Gasteiger charge is -2.09. The highest BCUT2D eigenvalue weighted by Crippen LogP contribution is 2.26. The first-order valence-corrected chi connectivity index (χ1v) is 12.3. The van der Waals surface area contributed by atoms with Gasteiger partial charge in [-0.2, -0.15) is 8.78 Å². The number of hydrogen-bond donors (Lipinski definition) is 0. The third-order valence-electron chi connectivity index (χ3n) is 4.73. The summed E-state index contributed by atoms with van der Waals surface area (Å²) in [6, 6.07) is 0.0195. The second kappa shape index (κ2) is 19.4. The first kappa shape index (κ1) is 32.5. The molecule has 11 nitrogen and oxygen atoms in total. The minimum atomic E-state index is -1.79. The zero-order chi connectivity index (χ0) is 28.3. The van der Waals surface area contributed by atoms with Crippen molar-refractivity contribution in [3.05, 3.63) is 41.2 Å². The lowest BCUT2D eigenvalue weighted by molar-refractivity contribution is -0.136. The molecular weight excluding hydrogens is 534 g/mol. The van der Waals surface area contributed by atoms with Gasteiger partial charge in [0.2, 0.25) is 17.4 Å². The van der Waals surface area contributed by atoms with E-state index in [0.717, 1.165) is 5.69 Å². The number of esters is 1. The van der Waals surface area contributed by atoms with E-state index in [9.17, 15) is 22.4 Å².